The number of H-pyrrole nitrogens is 1. The highest BCUT2D eigenvalue weighted by molar-refractivity contribution is 5.75. The van der Waals surface area contributed by atoms with E-state index in [1.165, 1.54) is 5.56 Å². The molecule has 1 aliphatic rings. The first kappa shape index (κ1) is 13.3. The van der Waals surface area contributed by atoms with Crippen molar-refractivity contribution in [2.24, 2.45) is 0 Å². The van der Waals surface area contributed by atoms with Gasteiger partial charge in [0.2, 0.25) is 0 Å². The van der Waals surface area contributed by atoms with Crippen LogP contribution < -0.4 is 5.32 Å². The van der Waals surface area contributed by atoms with Crippen LogP contribution in [0.5, 0.6) is 0 Å². The molecule has 4 heteroatoms. The molecule has 2 atom stereocenters. The molecule has 2 N–H and O–H groups in total. The van der Waals surface area contributed by atoms with E-state index in [9.17, 15) is 4.79 Å². The Morgan fingerprint density at radius 2 is 1.89 bits per heavy atom. The average Bonchev–Trinajstić information content (AvgIpc) is 2.55. The van der Waals surface area contributed by atoms with E-state index in [0.717, 1.165) is 42.9 Å². The third-order valence-corrected chi connectivity index (χ3v) is 3.76. The van der Waals surface area contributed by atoms with Gasteiger partial charge in [-0.2, -0.15) is 0 Å². The van der Waals surface area contributed by atoms with E-state index in [-0.39, 0.29) is 0 Å². The van der Waals surface area contributed by atoms with Gasteiger partial charge in [-0.25, -0.2) is 0 Å². The normalized spacial score (nSPS) is 25.3. The Hall–Kier alpha value is -1.13. The zero-order valence-electron chi connectivity index (χ0n) is 11.7. The minimum Gasteiger partial charge on any atom is -0.356 e. The van der Waals surface area contributed by atoms with E-state index < -0.39 is 0 Å². The fraction of sp³-hybridized carbons (Fsp3) is 0.643. The summed E-state index contributed by atoms with van der Waals surface area (Å²) in [5.41, 5.74) is 4.21. The van der Waals surface area contributed by atoms with Gasteiger partial charge in [0.05, 0.1) is 5.69 Å². The molecule has 0 bridgehead atoms. The molecule has 2 heterocycles. The Labute approximate surface area is 109 Å². The van der Waals surface area contributed by atoms with Gasteiger partial charge >= 0.3 is 0 Å². The number of aromatic amines is 1. The van der Waals surface area contributed by atoms with Crippen molar-refractivity contribution in [2.75, 3.05) is 13.1 Å². The molecule has 1 aromatic rings. The zero-order valence-corrected chi connectivity index (χ0v) is 11.7. The van der Waals surface area contributed by atoms with Crippen LogP contribution in [-0.4, -0.2) is 41.3 Å². The summed E-state index contributed by atoms with van der Waals surface area (Å²) in [5, 5.41) is 3.53. The number of aldehydes is 1. The SMILES string of the molecule is Cc1[nH]c(C=O)c(C)c1CN1CC(C)NC(C)C1. The second-order valence-electron chi connectivity index (χ2n) is 5.55. The molecular formula is C14H23N3O. The highest BCUT2D eigenvalue weighted by atomic mass is 16.1. The zero-order chi connectivity index (χ0) is 13.3. The van der Waals surface area contributed by atoms with Gasteiger partial charge in [-0.15, -0.1) is 0 Å². The summed E-state index contributed by atoms with van der Waals surface area (Å²) >= 11 is 0. The van der Waals surface area contributed by atoms with Crippen LogP contribution in [0, 0.1) is 13.8 Å². The first-order chi connectivity index (χ1) is 8.51. The Kier molecular flexibility index (Phi) is 3.88. The number of aromatic nitrogens is 1. The van der Waals surface area contributed by atoms with Crippen LogP contribution in [0.2, 0.25) is 0 Å². The minimum atomic E-state index is 0.527. The summed E-state index contributed by atoms with van der Waals surface area (Å²) in [7, 11) is 0. The summed E-state index contributed by atoms with van der Waals surface area (Å²) in [5.74, 6) is 0. The summed E-state index contributed by atoms with van der Waals surface area (Å²) < 4.78 is 0. The Bertz CT molecular complexity index is 428. The second-order valence-corrected chi connectivity index (χ2v) is 5.55. The van der Waals surface area contributed by atoms with E-state index >= 15 is 0 Å². The number of piperazine rings is 1. The summed E-state index contributed by atoms with van der Waals surface area (Å²) in [6.07, 6.45) is 0.912. The molecule has 2 unspecified atom stereocenters. The van der Waals surface area contributed by atoms with E-state index in [2.05, 4.69) is 29.0 Å². The lowest BCUT2D eigenvalue weighted by Crippen LogP contribution is -2.53. The summed E-state index contributed by atoms with van der Waals surface area (Å²) in [4.78, 5) is 16.6. The fourth-order valence-corrected chi connectivity index (χ4v) is 2.96. The number of hydrogen-bond acceptors (Lipinski definition) is 3. The Morgan fingerprint density at radius 1 is 1.28 bits per heavy atom. The van der Waals surface area contributed by atoms with E-state index in [1.807, 2.05) is 13.8 Å². The first-order valence-corrected chi connectivity index (χ1v) is 6.63. The summed E-state index contributed by atoms with van der Waals surface area (Å²) in [6.45, 7) is 11.6. The van der Waals surface area contributed by atoms with Crippen molar-refractivity contribution in [1.82, 2.24) is 15.2 Å². The highest BCUT2D eigenvalue weighted by Crippen LogP contribution is 2.19. The molecule has 18 heavy (non-hydrogen) atoms. The quantitative estimate of drug-likeness (QED) is 0.800. The predicted octanol–water partition coefficient (Wildman–Crippen LogP) is 1.63. The Morgan fingerprint density at radius 3 is 2.39 bits per heavy atom. The molecule has 0 aromatic carbocycles. The van der Waals surface area contributed by atoms with Crippen molar-refractivity contribution in [1.29, 1.82) is 0 Å². The number of nitrogens with one attached hydrogen (secondary N) is 2. The van der Waals surface area contributed by atoms with Gasteiger partial charge < -0.3 is 10.3 Å². The number of aryl methyl sites for hydroxylation is 1. The summed E-state index contributed by atoms with van der Waals surface area (Å²) in [6, 6.07) is 1.05. The van der Waals surface area contributed by atoms with Gasteiger partial charge in [-0.1, -0.05) is 0 Å². The van der Waals surface area contributed by atoms with Crippen molar-refractivity contribution < 1.29 is 4.79 Å². The van der Waals surface area contributed by atoms with Crippen molar-refractivity contribution in [3.63, 3.8) is 0 Å². The van der Waals surface area contributed by atoms with Crippen molar-refractivity contribution in [3.8, 4) is 0 Å². The number of nitrogens with zero attached hydrogens (tertiary/aromatic N) is 1. The van der Waals surface area contributed by atoms with E-state index in [1.54, 1.807) is 0 Å². The number of carbonyl (C=O) groups excluding carboxylic acids is 1. The van der Waals surface area contributed by atoms with Gasteiger partial charge in [-0.3, -0.25) is 9.69 Å². The molecule has 1 aliphatic heterocycles. The van der Waals surface area contributed by atoms with E-state index in [0.29, 0.717) is 12.1 Å². The number of carbonyl (C=O) groups is 1. The minimum absolute atomic E-state index is 0.527. The molecule has 0 spiro atoms. The van der Waals surface area contributed by atoms with Crippen molar-refractivity contribution >= 4 is 6.29 Å². The van der Waals surface area contributed by atoms with Crippen LogP contribution in [0.1, 0.15) is 41.2 Å². The van der Waals surface area contributed by atoms with Crippen LogP contribution in [0.25, 0.3) is 0 Å². The van der Waals surface area contributed by atoms with Crippen molar-refractivity contribution in [2.45, 2.75) is 46.3 Å². The van der Waals surface area contributed by atoms with Gasteiger partial charge in [-0.05, 0) is 38.8 Å². The molecule has 0 amide bonds. The molecule has 2 rings (SSSR count). The molecule has 0 aliphatic carbocycles. The standard InChI is InChI=1S/C14H23N3O/c1-9-5-17(6-10(2)15-9)7-13-11(3)14(8-18)16-12(13)4/h8-10,15-16H,5-7H2,1-4H3. The lowest BCUT2D eigenvalue weighted by Gasteiger charge is -2.36. The average molecular weight is 249 g/mol. The molecular weight excluding hydrogens is 226 g/mol. The molecule has 0 radical (unpaired) electrons. The van der Waals surface area contributed by atoms with Crippen LogP contribution in [0.4, 0.5) is 0 Å². The second kappa shape index (κ2) is 5.24. The lowest BCUT2D eigenvalue weighted by molar-refractivity contribution is 0.111. The predicted molar refractivity (Wildman–Crippen MR) is 73.0 cm³/mol. The molecule has 1 saturated heterocycles. The fourth-order valence-electron chi connectivity index (χ4n) is 2.96. The van der Waals surface area contributed by atoms with Crippen molar-refractivity contribution in [3.05, 3.63) is 22.5 Å². The van der Waals surface area contributed by atoms with E-state index in [4.69, 9.17) is 0 Å². The maximum atomic E-state index is 10.9. The topological polar surface area (TPSA) is 48.1 Å². The largest absolute Gasteiger partial charge is 0.356 e. The third kappa shape index (κ3) is 2.65. The molecule has 0 saturated carbocycles. The Balaban J connectivity index is 2.13. The number of rotatable bonds is 3. The van der Waals surface area contributed by atoms with Crippen LogP contribution in [0.15, 0.2) is 0 Å². The first-order valence-electron chi connectivity index (χ1n) is 6.63. The molecule has 1 fully saturated rings. The maximum Gasteiger partial charge on any atom is 0.166 e. The highest BCUT2D eigenvalue weighted by Gasteiger charge is 2.22. The smallest absolute Gasteiger partial charge is 0.166 e. The maximum absolute atomic E-state index is 10.9. The van der Waals surface area contributed by atoms with Gasteiger partial charge in [0, 0.05) is 37.4 Å². The number of hydrogen-bond donors (Lipinski definition) is 2. The lowest BCUT2D eigenvalue weighted by atomic mass is 10.1. The van der Waals surface area contributed by atoms with Gasteiger partial charge in [0.25, 0.3) is 0 Å². The van der Waals surface area contributed by atoms with Crippen LogP contribution in [0.3, 0.4) is 0 Å². The molecule has 4 nitrogen and oxygen atoms in total. The molecule has 1 aromatic heterocycles. The van der Waals surface area contributed by atoms with Crippen LogP contribution >= 0.6 is 0 Å². The third-order valence-electron chi connectivity index (χ3n) is 3.76. The van der Waals surface area contributed by atoms with Gasteiger partial charge in [0.15, 0.2) is 6.29 Å². The van der Waals surface area contributed by atoms with Crippen LogP contribution in [-0.2, 0) is 6.54 Å². The van der Waals surface area contributed by atoms with Gasteiger partial charge in [0.1, 0.15) is 0 Å². The monoisotopic (exact) mass is 249 g/mol. The molecule has 100 valence electrons.